The summed E-state index contributed by atoms with van der Waals surface area (Å²) < 4.78 is 28.0. The van der Waals surface area contributed by atoms with E-state index in [1.165, 1.54) is 36.0 Å². The van der Waals surface area contributed by atoms with Crippen molar-refractivity contribution in [2.24, 2.45) is 0 Å². The number of hydrogen-bond donors (Lipinski definition) is 2. The van der Waals surface area contributed by atoms with E-state index in [0.29, 0.717) is 34.1 Å². The van der Waals surface area contributed by atoms with E-state index in [4.69, 9.17) is 4.98 Å². The van der Waals surface area contributed by atoms with Crippen LogP contribution in [0.25, 0.3) is 0 Å². The molecule has 0 radical (unpaired) electrons. The highest BCUT2D eigenvalue weighted by molar-refractivity contribution is 8.00. The number of nitrogens with zero attached hydrogens (tertiary/aromatic N) is 4. The lowest BCUT2D eigenvalue weighted by molar-refractivity contribution is -0.115. The van der Waals surface area contributed by atoms with Crippen molar-refractivity contribution in [2.45, 2.75) is 74.5 Å². The van der Waals surface area contributed by atoms with E-state index in [9.17, 15) is 18.5 Å². The minimum absolute atomic E-state index is 0.00541. The number of amides is 1. The molecule has 0 saturated heterocycles. The number of aromatic nitrogens is 3. The minimum Gasteiger partial charge on any atom is -0.325 e. The predicted molar refractivity (Wildman–Crippen MR) is 148 cm³/mol. The Morgan fingerprint density at radius 2 is 1.74 bits per heavy atom. The van der Waals surface area contributed by atoms with Gasteiger partial charge in [0.15, 0.2) is 0 Å². The Bertz CT molecular complexity index is 1460. The van der Waals surface area contributed by atoms with Gasteiger partial charge in [-0.1, -0.05) is 25.1 Å². The molecule has 0 aliphatic heterocycles. The zero-order chi connectivity index (χ0) is 27.3. The molecule has 1 aliphatic carbocycles. The summed E-state index contributed by atoms with van der Waals surface area (Å²) in [5, 5.41) is 12.7. The molecule has 9 nitrogen and oxygen atoms in total. The summed E-state index contributed by atoms with van der Waals surface area (Å²) in [6.07, 6.45) is 5.67. The van der Waals surface area contributed by atoms with Crippen LogP contribution in [-0.2, 0) is 27.7 Å². The van der Waals surface area contributed by atoms with Gasteiger partial charge in [-0.2, -0.15) is 5.26 Å². The largest absolute Gasteiger partial charge is 0.325 e. The van der Waals surface area contributed by atoms with Crippen LogP contribution in [0.2, 0.25) is 0 Å². The van der Waals surface area contributed by atoms with Crippen LogP contribution in [0.5, 0.6) is 0 Å². The zero-order valence-electron chi connectivity index (χ0n) is 21.6. The van der Waals surface area contributed by atoms with Crippen LogP contribution >= 0.6 is 11.8 Å². The molecule has 1 amide bonds. The van der Waals surface area contributed by atoms with E-state index in [0.717, 1.165) is 43.4 Å². The van der Waals surface area contributed by atoms with Gasteiger partial charge in [0.2, 0.25) is 11.9 Å². The molecule has 0 bridgehead atoms. The first-order valence-corrected chi connectivity index (χ1v) is 14.9. The van der Waals surface area contributed by atoms with Gasteiger partial charge in [-0.05, 0) is 87.9 Å². The lowest BCUT2D eigenvalue weighted by atomic mass is 10.1. The van der Waals surface area contributed by atoms with E-state index in [2.05, 4.69) is 26.1 Å². The highest BCUT2D eigenvalue weighted by atomic mass is 32.2. The molecule has 198 valence electrons. The summed E-state index contributed by atoms with van der Waals surface area (Å²) in [6, 6.07) is 11.8. The summed E-state index contributed by atoms with van der Waals surface area (Å²) in [7, 11) is -3.90. The molecular weight excluding hydrogens is 520 g/mol. The molecule has 1 unspecified atom stereocenters. The molecule has 0 spiro atoms. The lowest BCUT2D eigenvalue weighted by Gasteiger charge is -2.17. The Morgan fingerprint density at radius 3 is 2.39 bits per heavy atom. The predicted octanol–water partition coefficient (Wildman–Crippen LogP) is 4.94. The molecule has 2 aromatic heterocycles. The maximum absolute atomic E-state index is 13.1. The molecule has 11 heteroatoms. The van der Waals surface area contributed by atoms with E-state index in [1.807, 2.05) is 13.0 Å². The standard InChI is InChI=1S/C27H30N6O3S2/c1-4-24(37-26-20(16-28)15-19-8-6-5-7-9-23(19)32-26)25(34)31-21-10-12-22(13-11-21)38(35,36)33-27-29-17(2)14-18(3)30-27/h10-15,24H,4-9H2,1-3H3,(H,31,34)(H,29,30,33). The van der Waals surface area contributed by atoms with E-state index in [1.54, 1.807) is 19.9 Å². The van der Waals surface area contributed by atoms with Crippen LogP contribution in [0.3, 0.4) is 0 Å². The lowest BCUT2D eigenvalue weighted by Crippen LogP contribution is -2.25. The van der Waals surface area contributed by atoms with Crippen LogP contribution in [0.4, 0.5) is 11.6 Å². The number of benzene rings is 1. The number of pyridine rings is 1. The monoisotopic (exact) mass is 550 g/mol. The van der Waals surface area contributed by atoms with Gasteiger partial charge in [0.05, 0.1) is 15.7 Å². The van der Waals surface area contributed by atoms with Crippen LogP contribution in [-0.4, -0.2) is 34.5 Å². The Labute approximate surface area is 227 Å². The highest BCUT2D eigenvalue weighted by Gasteiger charge is 2.23. The quantitative estimate of drug-likeness (QED) is 0.297. The number of thioether (sulfide) groups is 1. The number of nitriles is 1. The fourth-order valence-corrected chi connectivity index (χ4v) is 6.25. The number of carbonyl (C=O) groups excluding carboxylic acids is 1. The second-order valence-electron chi connectivity index (χ2n) is 9.23. The molecule has 1 aromatic carbocycles. The molecule has 2 N–H and O–H groups in total. The Kier molecular flexibility index (Phi) is 8.64. The molecule has 2 heterocycles. The van der Waals surface area contributed by atoms with Gasteiger partial charge in [0.25, 0.3) is 10.0 Å². The van der Waals surface area contributed by atoms with Crippen molar-refractivity contribution in [3.8, 4) is 6.07 Å². The SMILES string of the molecule is CCC(Sc1nc2c(cc1C#N)CCCCC2)C(=O)Nc1ccc(S(=O)(=O)Nc2nc(C)cc(C)n2)cc1. The first-order valence-electron chi connectivity index (χ1n) is 12.5. The molecule has 1 atom stereocenters. The second kappa shape index (κ2) is 11.9. The molecule has 0 fully saturated rings. The molecule has 38 heavy (non-hydrogen) atoms. The molecule has 4 rings (SSSR count). The number of hydrogen-bond acceptors (Lipinski definition) is 8. The average molecular weight is 551 g/mol. The summed E-state index contributed by atoms with van der Waals surface area (Å²) >= 11 is 1.29. The normalized spacial score (nSPS) is 14.1. The van der Waals surface area contributed by atoms with Gasteiger partial charge in [0, 0.05) is 22.8 Å². The number of fused-ring (bicyclic) bond motifs is 1. The third-order valence-electron chi connectivity index (χ3n) is 6.19. The second-order valence-corrected chi connectivity index (χ2v) is 12.1. The highest BCUT2D eigenvalue weighted by Crippen LogP contribution is 2.31. The van der Waals surface area contributed by atoms with Gasteiger partial charge in [0.1, 0.15) is 11.1 Å². The van der Waals surface area contributed by atoms with Gasteiger partial charge in [-0.25, -0.2) is 28.1 Å². The van der Waals surface area contributed by atoms with Crippen molar-refractivity contribution in [3.63, 3.8) is 0 Å². The number of anilines is 2. The van der Waals surface area contributed by atoms with Crippen LogP contribution in [0.15, 0.2) is 46.3 Å². The molecule has 3 aromatic rings. The third-order valence-corrected chi connectivity index (χ3v) is 8.90. The number of aryl methyl sites for hydroxylation is 4. The summed E-state index contributed by atoms with van der Waals surface area (Å²) in [4.78, 5) is 26.1. The van der Waals surface area contributed by atoms with Crippen molar-refractivity contribution in [2.75, 3.05) is 10.0 Å². The summed E-state index contributed by atoms with van der Waals surface area (Å²) in [6.45, 7) is 5.43. The Morgan fingerprint density at radius 1 is 1.05 bits per heavy atom. The number of nitrogens with one attached hydrogen (secondary N) is 2. The maximum atomic E-state index is 13.1. The van der Waals surface area contributed by atoms with Crippen molar-refractivity contribution in [1.29, 1.82) is 5.26 Å². The van der Waals surface area contributed by atoms with Crippen molar-refractivity contribution >= 4 is 39.3 Å². The molecule has 1 aliphatic rings. The van der Waals surface area contributed by atoms with Crippen LogP contribution in [0.1, 0.15) is 60.8 Å². The zero-order valence-corrected chi connectivity index (χ0v) is 23.2. The van der Waals surface area contributed by atoms with E-state index < -0.39 is 15.3 Å². The minimum atomic E-state index is -3.90. The number of carbonyl (C=O) groups is 1. The van der Waals surface area contributed by atoms with Crippen LogP contribution < -0.4 is 10.0 Å². The first kappa shape index (κ1) is 27.5. The van der Waals surface area contributed by atoms with Crippen LogP contribution in [0, 0.1) is 25.2 Å². The molecule has 0 saturated carbocycles. The van der Waals surface area contributed by atoms with E-state index >= 15 is 0 Å². The number of rotatable bonds is 8. The van der Waals surface area contributed by atoms with Gasteiger partial charge in [-0.3, -0.25) is 4.79 Å². The Hall–Kier alpha value is -3.49. The molecular formula is C27H30N6O3S2. The van der Waals surface area contributed by atoms with Gasteiger partial charge in [-0.15, -0.1) is 0 Å². The maximum Gasteiger partial charge on any atom is 0.264 e. The van der Waals surface area contributed by atoms with Crippen molar-refractivity contribution in [1.82, 2.24) is 15.0 Å². The van der Waals surface area contributed by atoms with Gasteiger partial charge < -0.3 is 5.32 Å². The number of sulfonamides is 1. The summed E-state index contributed by atoms with van der Waals surface area (Å²) in [5.74, 6) is -0.235. The fraction of sp³-hybridized carbons (Fsp3) is 0.370. The van der Waals surface area contributed by atoms with Gasteiger partial charge >= 0.3 is 0 Å². The van der Waals surface area contributed by atoms with E-state index in [-0.39, 0.29) is 16.8 Å². The average Bonchev–Trinajstić information content (AvgIpc) is 3.10. The Balaban J connectivity index is 1.45. The smallest absolute Gasteiger partial charge is 0.264 e. The fourth-order valence-electron chi connectivity index (χ4n) is 4.31. The van der Waals surface area contributed by atoms with Crippen molar-refractivity contribution < 1.29 is 13.2 Å². The topological polar surface area (TPSA) is 138 Å². The summed E-state index contributed by atoms with van der Waals surface area (Å²) in [5.41, 5.74) is 4.42. The van der Waals surface area contributed by atoms with Crippen molar-refractivity contribution in [3.05, 3.63) is 64.6 Å². The first-order chi connectivity index (χ1) is 18.2. The third kappa shape index (κ3) is 6.68.